The molecule has 0 saturated carbocycles. The second-order valence-electron chi connectivity index (χ2n) is 5.36. The van der Waals surface area contributed by atoms with E-state index in [1.807, 2.05) is 0 Å². The zero-order chi connectivity index (χ0) is 19.1. The number of carbonyl (C=O) groups is 2. The van der Waals surface area contributed by atoms with E-state index in [1.54, 1.807) is 0 Å². The van der Waals surface area contributed by atoms with Gasteiger partial charge < -0.3 is 20.1 Å². The van der Waals surface area contributed by atoms with Crippen LogP contribution in [0.3, 0.4) is 0 Å². The van der Waals surface area contributed by atoms with Crippen molar-refractivity contribution >= 4 is 17.5 Å². The number of carbonyl (C=O) groups excluding carboxylic acids is 2. The van der Waals surface area contributed by atoms with Gasteiger partial charge in [-0.1, -0.05) is 12.2 Å². The molecule has 26 heavy (non-hydrogen) atoms. The van der Waals surface area contributed by atoms with Crippen LogP contribution in [0.15, 0.2) is 49.6 Å². The summed E-state index contributed by atoms with van der Waals surface area (Å²) in [5.41, 5.74) is 0.364. The quantitative estimate of drug-likeness (QED) is 0.405. The second-order valence-corrected chi connectivity index (χ2v) is 5.36. The van der Waals surface area contributed by atoms with Crippen LogP contribution in [0.4, 0.5) is 5.69 Å². The Balaban J connectivity index is 2.18. The van der Waals surface area contributed by atoms with Gasteiger partial charge in [0.2, 0.25) is 0 Å². The summed E-state index contributed by atoms with van der Waals surface area (Å²) in [6.45, 7) is 7.43. The molecule has 138 valence electrons. The third-order valence-electron chi connectivity index (χ3n) is 3.55. The fourth-order valence-corrected chi connectivity index (χ4v) is 2.30. The standard InChI is InChI=1S/C17H19N3O6/c1-3-9-18-15(21)13-14(16(22)19-10-4-2)26-17(25-13)11-5-7-12(8-6-11)20(23)24/h3-8,13-14,17H,1-2,9-10H2,(H,18,21)(H,19,22)/t13-,14-/m1/s1. The zero-order valence-corrected chi connectivity index (χ0v) is 13.9. The van der Waals surface area contributed by atoms with Gasteiger partial charge in [0.1, 0.15) is 0 Å². The Labute approximate surface area is 149 Å². The maximum Gasteiger partial charge on any atom is 0.269 e. The highest BCUT2D eigenvalue weighted by Gasteiger charge is 2.45. The third kappa shape index (κ3) is 4.52. The van der Waals surface area contributed by atoms with Crippen LogP contribution in [0.1, 0.15) is 11.9 Å². The molecule has 1 aromatic carbocycles. The lowest BCUT2D eigenvalue weighted by Crippen LogP contribution is -2.47. The van der Waals surface area contributed by atoms with Crippen molar-refractivity contribution in [1.82, 2.24) is 10.6 Å². The Kier molecular flexibility index (Phi) is 6.59. The van der Waals surface area contributed by atoms with E-state index in [1.165, 1.54) is 36.4 Å². The summed E-state index contributed by atoms with van der Waals surface area (Å²) in [5, 5.41) is 15.9. The van der Waals surface area contributed by atoms with Crippen LogP contribution in [-0.2, 0) is 19.1 Å². The third-order valence-corrected chi connectivity index (χ3v) is 3.55. The number of nitrogens with one attached hydrogen (secondary N) is 2. The van der Waals surface area contributed by atoms with Crippen molar-refractivity contribution in [2.75, 3.05) is 13.1 Å². The van der Waals surface area contributed by atoms with Gasteiger partial charge in [0.25, 0.3) is 17.5 Å². The largest absolute Gasteiger partial charge is 0.350 e. The molecule has 0 bridgehead atoms. The molecule has 0 aromatic heterocycles. The topological polar surface area (TPSA) is 120 Å². The van der Waals surface area contributed by atoms with Crippen LogP contribution >= 0.6 is 0 Å². The summed E-state index contributed by atoms with van der Waals surface area (Å²) in [4.78, 5) is 34.7. The van der Waals surface area contributed by atoms with E-state index in [0.717, 1.165) is 0 Å². The van der Waals surface area contributed by atoms with Crippen molar-refractivity contribution in [3.63, 3.8) is 0 Å². The Morgan fingerprint density at radius 1 is 1.04 bits per heavy atom. The lowest BCUT2D eigenvalue weighted by atomic mass is 10.2. The Morgan fingerprint density at radius 2 is 1.50 bits per heavy atom. The van der Waals surface area contributed by atoms with Gasteiger partial charge in [0, 0.05) is 30.8 Å². The van der Waals surface area contributed by atoms with Gasteiger partial charge in [-0.05, 0) is 12.1 Å². The van der Waals surface area contributed by atoms with Gasteiger partial charge in [-0.15, -0.1) is 13.2 Å². The summed E-state index contributed by atoms with van der Waals surface area (Å²) < 4.78 is 11.2. The van der Waals surface area contributed by atoms with Crippen LogP contribution in [0.5, 0.6) is 0 Å². The van der Waals surface area contributed by atoms with Crippen molar-refractivity contribution in [3.05, 3.63) is 65.3 Å². The first-order valence-electron chi connectivity index (χ1n) is 7.80. The van der Waals surface area contributed by atoms with Crippen molar-refractivity contribution in [2.24, 2.45) is 0 Å². The average Bonchev–Trinajstić information content (AvgIpc) is 3.09. The maximum absolute atomic E-state index is 12.3. The minimum Gasteiger partial charge on any atom is -0.350 e. The molecule has 0 aliphatic carbocycles. The number of non-ortho nitro benzene ring substituents is 1. The average molecular weight is 361 g/mol. The Morgan fingerprint density at radius 3 is 1.88 bits per heavy atom. The molecule has 2 N–H and O–H groups in total. The van der Waals surface area contributed by atoms with Crippen LogP contribution < -0.4 is 10.6 Å². The minimum absolute atomic E-state index is 0.0905. The first kappa shape index (κ1) is 19.3. The number of rotatable bonds is 8. The summed E-state index contributed by atoms with van der Waals surface area (Å²) >= 11 is 0. The predicted octanol–water partition coefficient (Wildman–Crippen LogP) is 0.982. The molecule has 1 fully saturated rings. The number of nitro groups is 1. The summed E-state index contributed by atoms with van der Waals surface area (Å²) in [5.74, 6) is -1.04. The number of ether oxygens (including phenoxy) is 2. The Hall–Kier alpha value is -3.04. The molecular formula is C17H19N3O6. The predicted molar refractivity (Wildman–Crippen MR) is 92.0 cm³/mol. The number of amides is 2. The Bertz CT molecular complexity index is 671. The van der Waals surface area contributed by atoms with Gasteiger partial charge in [0.15, 0.2) is 18.5 Å². The van der Waals surface area contributed by atoms with E-state index >= 15 is 0 Å². The summed E-state index contributed by atoms with van der Waals surface area (Å²) in [6, 6.07) is 5.48. The fourth-order valence-electron chi connectivity index (χ4n) is 2.30. The van der Waals surface area contributed by atoms with Gasteiger partial charge in [0.05, 0.1) is 4.92 Å². The highest BCUT2D eigenvalue weighted by atomic mass is 16.7. The van der Waals surface area contributed by atoms with Crippen LogP contribution in [0.2, 0.25) is 0 Å². The molecule has 1 aromatic rings. The number of hydrogen-bond acceptors (Lipinski definition) is 6. The van der Waals surface area contributed by atoms with Crippen LogP contribution in [-0.4, -0.2) is 42.0 Å². The smallest absolute Gasteiger partial charge is 0.269 e. The van der Waals surface area contributed by atoms with Gasteiger partial charge in [-0.3, -0.25) is 19.7 Å². The molecule has 1 heterocycles. The summed E-state index contributed by atoms with van der Waals surface area (Å²) in [7, 11) is 0. The van der Waals surface area contributed by atoms with Crippen molar-refractivity contribution < 1.29 is 24.0 Å². The highest BCUT2D eigenvalue weighted by Crippen LogP contribution is 2.32. The second kappa shape index (κ2) is 8.88. The molecule has 1 aliphatic heterocycles. The van der Waals surface area contributed by atoms with Crippen LogP contribution in [0, 0.1) is 10.1 Å². The lowest BCUT2D eigenvalue weighted by Gasteiger charge is -2.15. The number of benzene rings is 1. The van der Waals surface area contributed by atoms with Crippen molar-refractivity contribution in [1.29, 1.82) is 0 Å². The van der Waals surface area contributed by atoms with Crippen LogP contribution in [0.25, 0.3) is 0 Å². The molecule has 0 unspecified atom stereocenters. The fraction of sp³-hybridized carbons (Fsp3) is 0.294. The maximum atomic E-state index is 12.3. The molecule has 1 saturated heterocycles. The molecule has 9 nitrogen and oxygen atoms in total. The lowest BCUT2D eigenvalue weighted by molar-refractivity contribution is -0.384. The number of hydrogen-bond donors (Lipinski definition) is 2. The number of nitrogens with zero attached hydrogens (tertiary/aromatic N) is 1. The molecule has 2 atom stereocenters. The molecule has 2 rings (SSSR count). The molecular weight excluding hydrogens is 342 g/mol. The van der Waals surface area contributed by atoms with Gasteiger partial charge in [-0.25, -0.2) is 0 Å². The van der Waals surface area contributed by atoms with E-state index in [0.29, 0.717) is 5.56 Å². The molecule has 0 radical (unpaired) electrons. The highest BCUT2D eigenvalue weighted by molar-refractivity contribution is 5.91. The summed E-state index contributed by atoms with van der Waals surface area (Å²) in [6.07, 6.45) is -0.350. The van der Waals surface area contributed by atoms with E-state index in [2.05, 4.69) is 23.8 Å². The monoisotopic (exact) mass is 361 g/mol. The van der Waals surface area contributed by atoms with Gasteiger partial charge >= 0.3 is 0 Å². The molecule has 1 aliphatic rings. The number of nitro benzene ring substituents is 1. The van der Waals surface area contributed by atoms with E-state index in [9.17, 15) is 19.7 Å². The van der Waals surface area contributed by atoms with Crippen molar-refractivity contribution in [3.8, 4) is 0 Å². The van der Waals surface area contributed by atoms with E-state index < -0.39 is 35.2 Å². The minimum atomic E-state index is -1.17. The molecule has 2 amide bonds. The molecule has 0 spiro atoms. The van der Waals surface area contributed by atoms with E-state index in [4.69, 9.17) is 9.47 Å². The van der Waals surface area contributed by atoms with Crippen molar-refractivity contribution in [2.45, 2.75) is 18.5 Å². The normalized spacial score (nSPS) is 19.5. The molecule has 9 heteroatoms. The first-order chi connectivity index (χ1) is 12.5. The van der Waals surface area contributed by atoms with E-state index in [-0.39, 0.29) is 18.8 Å². The SMILES string of the molecule is C=CCNC(=O)[C@@H]1OC(c2ccc([N+](=O)[O-])cc2)O[C@H]1C(=O)NCC=C. The zero-order valence-electron chi connectivity index (χ0n) is 13.9. The first-order valence-corrected chi connectivity index (χ1v) is 7.80. The van der Waals surface area contributed by atoms with Gasteiger partial charge in [-0.2, -0.15) is 0 Å².